The number of ketones is 1. The fraction of sp³-hybridized carbons (Fsp3) is 0.0952. The molecule has 3 aromatic carbocycles. The van der Waals surface area contributed by atoms with E-state index in [1.807, 2.05) is 72.8 Å². The summed E-state index contributed by atoms with van der Waals surface area (Å²) >= 11 is 0. The van der Waals surface area contributed by atoms with Crippen LogP contribution < -0.4 is 15.3 Å². The number of ether oxygens (including phenoxy) is 1. The Morgan fingerprint density at radius 1 is 0.760 bits per heavy atom. The predicted molar refractivity (Wildman–Crippen MR) is 99.6 cm³/mol. The van der Waals surface area contributed by atoms with Crippen LogP contribution in [-0.2, 0) is 4.57 Å². The van der Waals surface area contributed by atoms with E-state index in [4.69, 9.17) is 4.74 Å². The van der Waals surface area contributed by atoms with Gasteiger partial charge in [0.25, 0.3) is 0 Å². The van der Waals surface area contributed by atoms with Gasteiger partial charge in [-0.15, -0.1) is 0 Å². The summed E-state index contributed by atoms with van der Waals surface area (Å²) in [7, 11) is -3.14. The zero-order valence-corrected chi connectivity index (χ0v) is 14.4. The highest BCUT2D eigenvalue weighted by molar-refractivity contribution is 7.79. The number of fused-ring (bicyclic) bond motifs is 1. The van der Waals surface area contributed by atoms with E-state index in [1.54, 1.807) is 12.1 Å². The zero-order valence-electron chi connectivity index (χ0n) is 13.5. The molecule has 0 saturated heterocycles. The quantitative estimate of drug-likeness (QED) is 0.672. The summed E-state index contributed by atoms with van der Waals surface area (Å²) in [6.45, 7) is 0. The standard InChI is InChI=1S/C21H17O3P/c22-19-15-21(24-20-14-8-7-13-18(19)20)25(23,16-9-3-1-4-10-16)17-11-5-2-6-12-17/h1-14,21H,15H2. The van der Waals surface area contributed by atoms with Crippen molar-refractivity contribution in [2.45, 2.75) is 12.3 Å². The fourth-order valence-electron chi connectivity index (χ4n) is 3.24. The van der Waals surface area contributed by atoms with E-state index in [0.717, 1.165) is 0 Å². The van der Waals surface area contributed by atoms with Gasteiger partial charge < -0.3 is 9.30 Å². The van der Waals surface area contributed by atoms with Crippen LogP contribution in [0.25, 0.3) is 0 Å². The number of hydrogen-bond donors (Lipinski definition) is 0. The summed E-state index contributed by atoms with van der Waals surface area (Å²) in [6, 6.07) is 25.8. The van der Waals surface area contributed by atoms with Crippen LogP contribution in [0.2, 0.25) is 0 Å². The number of carbonyl (C=O) groups excluding carboxylic acids is 1. The van der Waals surface area contributed by atoms with Crippen molar-refractivity contribution in [3.63, 3.8) is 0 Å². The molecule has 3 aromatic rings. The molecular weight excluding hydrogens is 331 g/mol. The average Bonchev–Trinajstić information content (AvgIpc) is 2.68. The topological polar surface area (TPSA) is 43.4 Å². The van der Waals surface area contributed by atoms with E-state index in [9.17, 15) is 9.36 Å². The molecule has 1 unspecified atom stereocenters. The van der Waals surface area contributed by atoms with E-state index < -0.39 is 13.0 Å². The lowest BCUT2D eigenvalue weighted by Crippen LogP contribution is -2.34. The van der Waals surface area contributed by atoms with Gasteiger partial charge in [0.1, 0.15) is 5.75 Å². The molecule has 1 heterocycles. The van der Waals surface area contributed by atoms with Crippen LogP contribution in [0, 0.1) is 0 Å². The molecule has 0 saturated carbocycles. The highest BCUT2D eigenvalue weighted by atomic mass is 31.2. The largest absolute Gasteiger partial charge is 0.481 e. The highest BCUT2D eigenvalue weighted by Crippen LogP contribution is 2.52. The summed E-state index contributed by atoms with van der Waals surface area (Å²) in [5, 5.41) is 1.41. The molecule has 25 heavy (non-hydrogen) atoms. The minimum absolute atomic E-state index is 0.0288. The smallest absolute Gasteiger partial charge is 0.182 e. The van der Waals surface area contributed by atoms with E-state index in [0.29, 0.717) is 21.9 Å². The van der Waals surface area contributed by atoms with Crippen LogP contribution in [0.1, 0.15) is 16.8 Å². The molecule has 4 rings (SSSR count). The van der Waals surface area contributed by atoms with Gasteiger partial charge >= 0.3 is 0 Å². The zero-order chi connectivity index (χ0) is 17.3. The van der Waals surface area contributed by atoms with Crippen molar-refractivity contribution in [1.29, 1.82) is 0 Å². The van der Waals surface area contributed by atoms with Gasteiger partial charge in [-0.2, -0.15) is 0 Å². The molecule has 1 aliphatic rings. The first-order valence-corrected chi connectivity index (χ1v) is 9.97. The van der Waals surface area contributed by atoms with E-state index >= 15 is 0 Å². The first-order chi connectivity index (χ1) is 12.2. The second-order valence-electron chi connectivity index (χ2n) is 6.03. The number of hydrogen-bond acceptors (Lipinski definition) is 3. The molecule has 0 radical (unpaired) electrons. The van der Waals surface area contributed by atoms with E-state index in [1.165, 1.54) is 0 Å². The molecule has 0 bridgehead atoms. The molecule has 1 atom stereocenters. The normalized spacial score (nSPS) is 16.8. The van der Waals surface area contributed by atoms with Gasteiger partial charge in [-0.05, 0) is 12.1 Å². The second-order valence-corrected chi connectivity index (χ2v) is 8.95. The number of Topliss-reactive ketones (excluding diaryl/α,β-unsaturated/α-hetero) is 1. The van der Waals surface area contributed by atoms with Gasteiger partial charge in [0.15, 0.2) is 18.8 Å². The minimum Gasteiger partial charge on any atom is -0.481 e. The first-order valence-electron chi connectivity index (χ1n) is 8.19. The molecule has 0 N–H and O–H groups in total. The molecule has 0 amide bonds. The molecule has 3 nitrogen and oxygen atoms in total. The first kappa shape index (κ1) is 15.9. The summed E-state index contributed by atoms with van der Waals surface area (Å²) in [5.74, 6) is -0.213. The van der Waals surface area contributed by atoms with Crippen molar-refractivity contribution in [3.8, 4) is 5.75 Å². The molecule has 4 heteroatoms. The lowest BCUT2D eigenvalue weighted by molar-refractivity contribution is 0.0912. The second kappa shape index (κ2) is 6.34. The Kier molecular flexibility index (Phi) is 4.03. The van der Waals surface area contributed by atoms with Crippen molar-refractivity contribution < 1.29 is 14.1 Å². The molecular formula is C21H17O3P. The van der Waals surface area contributed by atoms with Crippen LogP contribution in [-0.4, -0.2) is 11.6 Å². The molecule has 124 valence electrons. The fourth-order valence-corrected chi connectivity index (χ4v) is 6.12. The van der Waals surface area contributed by atoms with Gasteiger partial charge in [0.2, 0.25) is 0 Å². The Labute approximate surface area is 146 Å². The van der Waals surface area contributed by atoms with Crippen LogP contribution in [0.3, 0.4) is 0 Å². The van der Waals surface area contributed by atoms with Crippen LogP contribution in [0.15, 0.2) is 84.9 Å². The highest BCUT2D eigenvalue weighted by Gasteiger charge is 2.42. The maximum Gasteiger partial charge on any atom is 0.182 e. The monoisotopic (exact) mass is 348 g/mol. The van der Waals surface area contributed by atoms with Gasteiger partial charge in [-0.1, -0.05) is 72.8 Å². The SMILES string of the molecule is O=C1CC(P(=O)(c2ccccc2)c2ccccc2)Oc2ccccc21. The van der Waals surface area contributed by atoms with Crippen LogP contribution in [0.5, 0.6) is 5.75 Å². The van der Waals surface area contributed by atoms with Gasteiger partial charge in [0, 0.05) is 10.6 Å². The molecule has 0 aromatic heterocycles. The van der Waals surface area contributed by atoms with Gasteiger partial charge in [-0.25, -0.2) is 0 Å². The van der Waals surface area contributed by atoms with Crippen molar-refractivity contribution in [2.75, 3.05) is 0 Å². The summed E-state index contributed by atoms with van der Waals surface area (Å²) in [6.07, 6.45) is 0.109. The third-order valence-electron chi connectivity index (χ3n) is 4.50. The summed E-state index contributed by atoms with van der Waals surface area (Å²) in [4.78, 5) is 12.6. The Balaban J connectivity index is 1.86. The lowest BCUT2D eigenvalue weighted by atomic mass is 10.1. The number of rotatable bonds is 3. The van der Waals surface area contributed by atoms with Crippen molar-refractivity contribution >= 4 is 23.5 Å². The third kappa shape index (κ3) is 2.71. The maximum absolute atomic E-state index is 14.2. The summed E-state index contributed by atoms with van der Waals surface area (Å²) in [5.41, 5.74) is 0.562. The van der Waals surface area contributed by atoms with Crippen molar-refractivity contribution in [2.24, 2.45) is 0 Å². The molecule has 0 fully saturated rings. The molecule has 0 spiro atoms. The minimum atomic E-state index is -3.14. The van der Waals surface area contributed by atoms with E-state index in [2.05, 4.69) is 0 Å². The maximum atomic E-state index is 14.2. The molecule has 0 aliphatic carbocycles. The van der Waals surface area contributed by atoms with E-state index in [-0.39, 0.29) is 12.2 Å². The summed E-state index contributed by atoms with van der Waals surface area (Å²) < 4.78 is 20.3. The number of carbonyl (C=O) groups is 1. The third-order valence-corrected chi connectivity index (χ3v) is 7.73. The number of benzene rings is 3. The lowest BCUT2D eigenvalue weighted by Gasteiger charge is -2.32. The Morgan fingerprint density at radius 2 is 1.28 bits per heavy atom. The average molecular weight is 348 g/mol. The van der Waals surface area contributed by atoms with Crippen LogP contribution in [0.4, 0.5) is 0 Å². The van der Waals surface area contributed by atoms with Crippen LogP contribution >= 0.6 is 7.14 Å². The van der Waals surface area contributed by atoms with Crippen molar-refractivity contribution in [3.05, 3.63) is 90.5 Å². The van der Waals surface area contributed by atoms with Crippen molar-refractivity contribution in [1.82, 2.24) is 0 Å². The Bertz CT molecular complexity index is 908. The van der Waals surface area contributed by atoms with Gasteiger partial charge in [-0.3, -0.25) is 4.79 Å². The number of para-hydroxylation sites is 1. The Hall–Kier alpha value is -2.64. The van der Waals surface area contributed by atoms with Gasteiger partial charge in [0.05, 0.1) is 12.0 Å². The molecule has 1 aliphatic heterocycles. The predicted octanol–water partition coefficient (Wildman–Crippen LogP) is 3.99. The Morgan fingerprint density at radius 3 is 1.88 bits per heavy atom.